The molecule has 2 aromatic rings. The Balaban J connectivity index is 1.35. The summed E-state index contributed by atoms with van der Waals surface area (Å²) in [6.45, 7) is 0.614. The van der Waals surface area contributed by atoms with Gasteiger partial charge in [-0.15, -0.1) is 0 Å². The number of carbonyl (C=O) groups excluding carboxylic acids is 1. The van der Waals surface area contributed by atoms with E-state index in [1.807, 2.05) is 24.4 Å². The van der Waals surface area contributed by atoms with Crippen molar-refractivity contribution in [3.05, 3.63) is 48.2 Å². The molecule has 28 heavy (non-hydrogen) atoms. The van der Waals surface area contributed by atoms with Gasteiger partial charge in [0, 0.05) is 11.8 Å². The normalized spacial score (nSPS) is 38.7. The molecule has 8 rings (SSSR count). The van der Waals surface area contributed by atoms with E-state index in [-0.39, 0.29) is 5.41 Å². The van der Waals surface area contributed by atoms with Crippen LogP contribution in [0.5, 0.6) is 0 Å². The first-order valence-corrected chi connectivity index (χ1v) is 10.8. The van der Waals surface area contributed by atoms with E-state index in [0.717, 1.165) is 47.4 Å². The van der Waals surface area contributed by atoms with Crippen LogP contribution in [-0.4, -0.2) is 10.9 Å². The van der Waals surface area contributed by atoms with E-state index in [0.29, 0.717) is 23.8 Å². The third kappa shape index (κ3) is 1.86. The number of benzene rings is 1. The summed E-state index contributed by atoms with van der Waals surface area (Å²) in [6.07, 6.45) is 9.54. The third-order valence-electron chi connectivity index (χ3n) is 8.56. The highest BCUT2D eigenvalue weighted by Gasteiger charge is 2.75. The number of carbonyl (C=O) groups is 1. The molecule has 5 saturated carbocycles. The average Bonchev–Trinajstić information content (AvgIpc) is 3.44. The highest BCUT2D eigenvalue weighted by Crippen LogP contribution is 2.80. The van der Waals surface area contributed by atoms with Crippen molar-refractivity contribution in [2.24, 2.45) is 28.6 Å². The van der Waals surface area contributed by atoms with Crippen molar-refractivity contribution < 1.29 is 4.79 Å². The second kappa shape index (κ2) is 4.97. The van der Waals surface area contributed by atoms with E-state index >= 15 is 0 Å². The quantitative estimate of drug-likeness (QED) is 0.776. The van der Waals surface area contributed by atoms with Crippen LogP contribution in [0, 0.1) is 28.6 Å². The van der Waals surface area contributed by atoms with Gasteiger partial charge in [-0.25, -0.2) is 4.98 Å². The number of amides is 1. The number of hydrogen-bond acceptors (Lipinski definition) is 3. The molecular formula is C24H25N3O. The maximum atomic E-state index is 14.3. The van der Waals surface area contributed by atoms with E-state index in [1.54, 1.807) is 0 Å². The van der Waals surface area contributed by atoms with Crippen molar-refractivity contribution in [2.45, 2.75) is 45.1 Å². The van der Waals surface area contributed by atoms with Crippen LogP contribution < -0.4 is 10.2 Å². The molecule has 4 nitrogen and oxygen atoms in total. The SMILES string of the molecule is O=C(N1Cc2cccnc2Nc2ccccc21)C12C[C@@H]3C[C@@H](CC4(CC41)C3)C2. The van der Waals surface area contributed by atoms with Crippen LogP contribution in [0.2, 0.25) is 0 Å². The fraction of sp³-hybridized carbons (Fsp3) is 0.500. The molecule has 1 aromatic heterocycles. The summed E-state index contributed by atoms with van der Waals surface area (Å²) in [5.74, 6) is 3.46. The number of hydrogen-bond donors (Lipinski definition) is 1. The molecule has 4 heteroatoms. The number of nitrogens with one attached hydrogen (secondary N) is 1. The first kappa shape index (κ1) is 15.5. The molecule has 3 unspecified atom stereocenters. The van der Waals surface area contributed by atoms with E-state index < -0.39 is 0 Å². The zero-order valence-corrected chi connectivity index (χ0v) is 16.0. The molecule has 6 aliphatic rings. The van der Waals surface area contributed by atoms with Gasteiger partial charge >= 0.3 is 0 Å². The maximum absolute atomic E-state index is 14.3. The van der Waals surface area contributed by atoms with Gasteiger partial charge < -0.3 is 10.2 Å². The predicted octanol–water partition coefficient (Wildman–Crippen LogP) is 4.89. The Morgan fingerprint density at radius 2 is 1.86 bits per heavy atom. The van der Waals surface area contributed by atoms with E-state index in [9.17, 15) is 4.79 Å². The van der Waals surface area contributed by atoms with Crippen molar-refractivity contribution in [1.82, 2.24) is 4.98 Å². The number of rotatable bonds is 1. The van der Waals surface area contributed by atoms with Crippen LogP contribution in [0.3, 0.4) is 0 Å². The Morgan fingerprint density at radius 1 is 1.04 bits per heavy atom. The molecule has 5 atom stereocenters. The number of fused-ring (bicyclic) bond motifs is 2. The van der Waals surface area contributed by atoms with Crippen molar-refractivity contribution >= 4 is 23.1 Å². The topological polar surface area (TPSA) is 45.2 Å². The molecule has 0 radical (unpaired) electrons. The lowest BCUT2D eigenvalue weighted by Gasteiger charge is -2.56. The van der Waals surface area contributed by atoms with Gasteiger partial charge in [-0.2, -0.15) is 0 Å². The standard InChI is InChI=1S/C24H25N3O/c28-22(24-11-15-8-16(12-24)10-23(9-15)13-20(23)24)27-14-17-4-3-7-25-21(17)26-18-5-1-2-6-19(18)27/h1-7,15-16,20H,8-14H2,(H,25,26)/t15-,16+,20?,23?,24?. The molecule has 1 N–H and O–H groups in total. The van der Waals surface area contributed by atoms with Gasteiger partial charge in [0.25, 0.3) is 0 Å². The fourth-order valence-corrected chi connectivity index (χ4v) is 7.81. The second-order valence-corrected chi connectivity index (χ2v) is 10.1. The first-order chi connectivity index (χ1) is 13.7. The Hall–Kier alpha value is -2.36. The van der Waals surface area contributed by atoms with Gasteiger partial charge in [0.15, 0.2) is 0 Å². The number of anilines is 3. The summed E-state index contributed by atoms with van der Waals surface area (Å²) in [5.41, 5.74) is 3.52. The van der Waals surface area contributed by atoms with Gasteiger partial charge in [0.2, 0.25) is 5.91 Å². The molecule has 1 aromatic carbocycles. The smallest absolute Gasteiger partial charge is 0.233 e. The lowest BCUT2D eigenvalue weighted by Crippen LogP contribution is -2.55. The van der Waals surface area contributed by atoms with Gasteiger partial charge in [-0.05, 0) is 79.9 Å². The molecule has 1 amide bonds. The molecule has 1 aliphatic heterocycles. The molecular weight excluding hydrogens is 346 g/mol. The van der Waals surface area contributed by atoms with Gasteiger partial charge in [0.05, 0.1) is 23.3 Å². The van der Waals surface area contributed by atoms with Crippen LogP contribution in [-0.2, 0) is 11.3 Å². The fourth-order valence-electron chi connectivity index (χ4n) is 7.81. The van der Waals surface area contributed by atoms with E-state index in [2.05, 4.69) is 33.4 Å². The summed E-state index contributed by atoms with van der Waals surface area (Å²) in [6, 6.07) is 12.3. The average molecular weight is 371 g/mol. The minimum absolute atomic E-state index is 0.107. The molecule has 2 heterocycles. The van der Waals surface area contributed by atoms with Gasteiger partial charge in [0.1, 0.15) is 5.82 Å². The lowest BCUT2D eigenvalue weighted by molar-refractivity contribution is -0.144. The Morgan fingerprint density at radius 3 is 2.71 bits per heavy atom. The Bertz CT molecular complexity index is 1000. The van der Waals surface area contributed by atoms with Crippen molar-refractivity contribution in [1.29, 1.82) is 0 Å². The Kier molecular flexibility index (Phi) is 2.76. The van der Waals surface area contributed by atoms with Gasteiger partial charge in [-0.3, -0.25) is 4.79 Å². The monoisotopic (exact) mass is 371 g/mol. The Labute approximate surface area is 165 Å². The molecule has 5 aliphatic carbocycles. The zero-order chi connectivity index (χ0) is 18.5. The molecule has 1 spiro atoms. The minimum atomic E-state index is -0.107. The van der Waals surface area contributed by atoms with Gasteiger partial charge in [-0.1, -0.05) is 18.2 Å². The summed E-state index contributed by atoms with van der Waals surface area (Å²) >= 11 is 0. The summed E-state index contributed by atoms with van der Waals surface area (Å²) in [5, 5.41) is 3.48. The number of nitrogens with zero attached hydrogens (tertiary/aromatic N) is 2. The maximum Gasteiger partial charge on any atom is 0.233 e. The number of pyridine rings is 1. The largest absolute Gasteiger partial charge is 0.338 e. The molecule has 4 bridgehead atoms. The van der Waals surface area contributed by atoms with Crippen LogP contribution >= 0.6 is 0 Å². The van der Waals surface area contributed by atoms with Crippen molar-refractivity contribution in [3.63, 3.8) is 0 Å². The van der Waals surface area contributed by atoms with Crippen LogP contribution in [0.1, 0.15) is 44.1 Å². The third-order valence-corrected chi connectivity index (χ3v) is 8.56. The molecule has 0 saturated heterocycles. The highest BCUT2D eigenvalue weighted by molar-refractivity contribution is 6.02. The predicted molar refractivity (Wildman–Crippen MR) is 108 cm³/mol. The minimum Gasteiger partial charge on any atom is -0.338 e. The van der Waals surface area contributed by atoms with Crippen LogP contribution in [0.4, 0.5) is 17.2 Å². The summed E-state index contributed by atoms with van der Waals surface area (Å²) in [7, 11) is 0. The van der Waals surface area contributed by atoms with Crippen LogP contribution in [0.15, 0.2) is 42.6 Å². The van der Waals surface area contributed by atoms with E-state index in [4.69, 9.17) is 0 Å². The lowest BCUT2D eigenvalue weighted by atomic mass is 9.49. The van der Waals surface area contributed by atoms with Crippen molar-refractivity contribution in [2.75, 3.05) is 10.2 Å². The van der Waals surface area contributed by atoms with Crippen molar-refractivity contribution in [3.8, 4) is 0 Å². The second-order valence-electron chi connectivity index (χ2n) is 10.1. The first-order valence-electron chi connectivity index (χ1n) is 10.8. The highest BCUT2D eigenvalue weighted by atomic mass is 16.2. The molecule has 5 fully saturated rings. The summed E-state index contributed by atoms with van der Waals surface area (Å²) < 4.78 is 0. The number of para-hydroxylation sites is 2. The molecule has 142 valence electrons. The summed E-state index contributed by atoms with van der Waals surface area (Å²) in [4.78, 5) is 20.9. The number of aromatic nitrogens is 1. The zero-order valence-electron chi connectivity index (χ0n) is 16.0. The van der Waals surface area contributed by atoms with E-state index in [1.165, 1.54) is 25.7 Å². The van der Waals surface area contributed by atoms with Crippen LogP contribution in [0.25, 0.3) is 0 Å².